The van der Waals surface area contributed by atoms with Crippen molar-refractivity contribution in [3.8, 4) is 0 Å². The third kappa shape index (κ3) is 2.58. The monoisotopic (exact) mass is 327 g/mol. The summed E-state index contributed by atoms with van der Waals surface area (Å²) < 4.78 is 14.1. The van der Waals surface area contributed by atoms with Gasteiger partial charge in [0.15, 0.2) is 0 Å². The van der Waals surface area contributed by atoms with E-state index in [1.165, 1.54) is 25.8 Å². The van der Waals surface area contributed by atoms with E-state index in [2.05, 4.69) is 25.7 Å². The summed E-state index contributed by atoms with van der Waals surface area (Å²) >= 11 is 3.18. The average Bonchev–Trinajstić information content (AvgIpc) is 2.42. The van der Waals surface area contributed by atoms with E-state index in [-0.39, 0.29) is 5.82 Å². The number of fused-ring (bicyclic) bond motifs is 1. The third-order valence-corrected chi connectivity index (χ3v) is 4.86. The summed E-state index contributed by atoms with van der Waals surface area (Å²) in [5.41, 5.74) is 7.53. The predicted octanol–water partition coefficient (Wildman–Crippen LogP) is 2.84. The van der Waals surface area contributed by atoms with Crippen molar-refractivity contribution in [1.82, 2.24) is 4.90 Å². The highest BCUT2D eigenvalue weighted by atomic mass is 79.9. The van der Waals surface area contributed by atoms with Gasteiger partial charge in [-0.3, -0.25) is 4.90 Å². The highest BCUT2D eigenvalue weighted by molar-refractivity contribution is 9.10. The number of hydrogen-bond donors (Lipinski definition) is 1. The van der Waals surface area contributed by atoms with Gasteiger partial charge in [-0.15, -0.1) is 0 Å². The Hall–Kier alpha value is -0.810. The molecule has 0 radical (unpaired) electrons. The van der Waals surface area contributed by atoms with Crippen molar-refractivity contribution in [3.63, 3.8) is 0 Å². The molecule has 1 aromatic rings. The summed E-state index contributed by atoms with van der Waals surface area (Å²) in [5, 5.41) is 0. The second-order valence-electron chi connectivity index (χ2n) is 5.46. The molecule has 2 heterocycles. The minimum atomic E-state index is -0.240. The Labute approximate surface area is 121 Å². The molecule has 0 amide bonds. The molecule has 104 valence electrons. The van der Waals surface area contributed by atoms with E-state index >= 15 is 0 Å². The molecule has 1 aromatic carbocycles. The van der Waals surface area contributed by atoms with Crippen LogP contribution in [-0.4, -0.2) is 37.1 Å². The van der Waals surface area contributed by atoms with E-state index in [4.69, 9.17) is 5.73 Å². The van der Waals surface area contributed by atoms with E-state index in [1.807, 2.05) is 0 Å². The molecule has 0 aromatic heterocycles. The van der Waals surface area contributed by atoms with Gasteiger partial charge in [-0.2, -0.15) is 0 Å². The second-order valence-corrected chi connectivity index (χ2v) is 6.31. The van der Waals surface area contributed by atoms with Crippen LogP contribution in [0.25, 0.3) is 0 Å². The van der Waals surface area contributed by atoms with Gasteiger partial charge in [0, 0.05) is 31.7 Å². The van der Waals surface area contributed by atoms with Crippen LogP contribution in [0.15, 0.2) is 16.6 Å². The zero-order valence-electron chi connectivity index (χ0n) is 10.9. The van der Waals surface area contributed by atoms with Crippen LogP contribution in [0.3, 0.4) is 0 Å². The Kier molecular flexibility index (Phi) is 3.67. The van der Waals surface area contributed by atoms with Gasteiger partial charge >= 0.3 is 0 Å². The van der Waals surface area contributed by atoms with Crippen molar-refractivity contribution >= 4 is 27.3 Å². The van der Waals surface area contributed by atoms with Crippen molar-refractivity contribution < 1.29 is 4.39 Å². The summed E-state index contributed by atoms with van der Waals surface area (Å²) in [5.74, 6) is -0.240. The van der Waals surface area contributed by atoms with E-state index in [1.54, 1.807) is 12.1 Å². The van der Waals surface area contributed by atoms with Crippen LogP contribution < -0.4 is 10.6 Å². The SMILES string of the molecule is Nc1cc(Br)c(F)cc1N1CCN2CCCCC2C1. The molecule has 0 aliphatic carbocycles. The van der Waals surface area contributed by atoms with Crippen LogP contribution in [0.1, 0.15) is 19.3 Å². The first-order valence-corrected chi connectivity index (χ1v) is 7.68. The summed E-state index contributed by atoms with van der Waals surface area (Å²) in [4.78, 5) is 4.79. The van der Waals surface area contributed by atoms with Gasteiger partial charge in [-0.1, -0.05) is 6.42 Å². The van der Waals surface area contributed by atoms with Gasteiger partial charge in [-0.25, -0.2) is 4.39 Å². The summed E-state index contributed by atoms with van der Waals surface area (Å²) in [6.07, 6.45) is 3.86. The third-order valence-electron chi connectivity index (χ3n) is 4.25. The maximum absolute atomic E-state index is 13.7. The van der Waals surface area contributed by atoms with Crippen LogP contribution >= 0.6 is 15.9 Å². The Balaban J connectivity index is 1.81. The number of benzene rings is 1. The summed E-state index contributed by atoms with van der Waals surface area (Å²) in [6.45, 7) is 4.16. The lowest BCUT2D eigenvalue weighted by atomic mass is 9.99. The normalized spacial score (nSPS) is 24.3. The highest BCUT2D eigenvalue weighted by Crippen LogP contribution is 2.32. The molecule has 2 aliphatic rings. The molecule has 3 rings (SSSR count). The quantitative estimate of drug-likeness (QED) is 0.805. The number of piperidine rings is 1. The summed E-state index contributed by atoms with van der Waals surface area (Å²) in [6, 6.07) is 3.82. The van der Waals surface area contributed by atoms with Crippen molar-refractivity contribution in [2.75, 3.05) is 36.8 Å². The molecule has 1 unspecified atom stereocenters. The number of piperazine rings is 1. The van der Waals surface area contributed by atoms with Gasteiger partial charge in [0.1, 0.15) is 5.82 Å². The number of anilines is 2. The molecular weight excluding hydrogens is 309 g/mol. The van der Waals surface area contributed by atoms with Crippen molar-refractivity contribution in [2.24, 2.45) is 0 Å². The number of nitrogen functional groups attached to an aromatic ring is 1. The number of nitrogens with zero attached hydrogens (tertiary/aromatic N) is 2. The number of rotatable bonds is 1. The predicted molar refractivity (Wildman–Crippen MR) is 79.9 cm³/mol. The highest BCUT2D eigenvalue weighted by Gasteiger charge is 2.29. The molecular formula is C14H19BrFN3. The zero-order chi connectivity index (χ0) is 13.4. The Morgan fingerprint density at radius 2 is 2.05 bits per heavy atom. The van der Waals surface area contributed by atoms with E-state index in [9.17, 15) is 4.39 Å². The number of nitrogens with two attached hydrogens (primary N) is 1. The average molecular weight is 328 g/mol. The molecule has 0 bridgehead atoms. The first-order valence-electron chi connectivity index (χ1n) is 6.88. The van der Waals surface area contributed by atoms with E-state index < -0.39 is 0 Å². The van der Waals surface area contributed by atoms with Crippen LogP contribution in [-0.2, 0) is 0 Å². The zero-order valence-corrected chi connectivity index (χ0v) is 12.5. The Morgan fingerprint density at radius 1 is 1.21 bits per heavy atom. The molecule has 1 atom stereocenters. The molecule has 3 nitrogen and oxygen atoms in total. The smallest absolute Gasteiger partial charge is 0.139 e. The van der Waals surface area contributed by atoms with Crippen LogP contribution in [0.4, 0.5) is 15.8 Å². The molecule has 0 spiro atoms. The lowest BCUT2D eigenvalue weighted by molar-refractivity contribution is 0.133. The Bertz CT molecular complexity index is 480. The summed E-state index contributed by atoms with van der Waals surface area (Å²) in [7, 11) is 0. The molecule has 0 saturated carbocycles. The maximum Gasteiger partial charge on any atom is 0.139 e. The minimum Gasteiger partial charge on any atom is -0.397 e. The fraction of sp³-hybridized carbons (Fsp3) is 0.571. The standard InChI is InChI=1S/C14H19BrFN3/c15-11-7-13(17)14(8-12(11)16)19-6-5-18-4-2-1-3-10(18)9-19/h7-8,10H,1-6,9,17H2. The van der Waals surface area contributed by atoms with E-state index in [0.29, 0.717) is 16.2 Å². The first kappa shape index (κ1) is 13.2. The van der Waals surface area contributed by atoms with E-state index in [0.717, 1.165) is 25.3 Å². The largest absolute Gasteiger partial charge is 0.397 e. The fourth-order valence-electron chi connectivity index (χ4n) is 3.20. The molecule has 2 aliphatic heterocycles. The molecule has 2 saturated heterocycles. The fourth-order valence-corrected chi connectivity index (χ4v) is 3.56. The van der Waals surface area contributed by atoms with Crippen LogP contribution in [0.5, 0.6) is 0 Å². The van der Waals surface area contributed by atoms with Crippen molar-refractivity contribution in [1.29, 1.82) is 0 Å². The Morgan fingerprint density at radius 3 is 2.89 bits per heavy atom. The minimum absolute atomic E-state index is 0.240. The van der Waals surface area contributed by atoms with Crippen LogP contribution in [0, 0.1) is 5.82 Å². The van der Waals surface area contributed by atoms with Crippen molar-refractivity contribution in [2.45, 2.75) is 25.3 Å². The molecule has 2 fully saturated rings. The lowest BCUT2D eigenvalue weighted by Crippen LogP contribution is -2.55. The van der Waals surface area contributed by atoms with Gasteiger partial charge in [0.25, 0.3) is 0 Å². The second kappa shape index (κ2) is 5.29. The molecule has 2 N–H and O–H groups in total. The molecule has 19 heavy (non-hydrogen) atoms. The van der Waals surface area contributed by atoms with Crippen molar-refractivity contribution in [3.05, 3.63) is 22.4 Å². The lowest BCUT2D eigenvalue weighted by Gasteiger charge is -2.45. The number of hydrogen-bond acceptors (Lipinski definition) is 3. The van der Waals surface area contributed by atoms with Gasteiger partial charge in [-0.05, 0) is 41.4 Å². The maximum atomic E-state index is 13.7. The number of halogens is 2. The van der Waals surface area contributed by atoms with Gasteiger partial charge < -0.3 is 10.6 Å². The topological polar surface area (TPSA) is 32.5 Å². The van der Waals surface area contributed by atoms with Gasteiger partial charge in [0.05, 0.1) is 15.8 Å². The van der Waals surface area contributed by atoms with Crippen LogP contribution in [0.2, 0.25) is 0 Å². The molecule has 5 heteroatoms. The first-order chi connectivity index (χ1) is 9.15. The van der Waals surface area contributed by atoms with Gasteiger partial charge in [0.2, 0.25) is 0 Å².